The Morgan fingerprint density at radius 1 is 1.09 bits per heavy atom. The van der Waals surface area contributed by atoms with Gasteiger partial charge in [-0.15, -0.1) is 11.8 Å². The van der Waals surface area contributed by atoms with Crippen molar-refractivity contribution in [2.75, 3.05) is 12.3 Å². The number of benzene rings is 2. The van der Waals surface area contributed by atoms with Gasteiger partial charge in [0, 0.05) is 28.8 Å². The van der Waals surface area contributed by atoms with Crippen LogP contribution in [0.4, 0.5) is 0 Å². The number of aryl methyl sites for hydroxylation is 1. The first-order valence-corrected chi connectivity index (χ1v) is 8.54. The number of hydrogen-bond acceptors (Lipinski definition) is 3. The summed E-state index contributed by atoms with van der Waals surface area (Å²) in [6.07, 6.45) is 1.68. The van der Waals surface area contributed by atoms with Crippen molar-refractivity contribution < 1.29 is 4.79 Å². The summed E-state index contributed by atoms with van der Waals surface area (Å²) < 4.78 is 0. The molecule has 1 amide bonds. The van der Waals surface area contributed by atoms with Gasteiger partial charge in [-0.25, -0.2) is 0 Å². The van der Waals surface area contributed by atoms with E-state index in [9.17, 15) is 4.79 Å². The van der Waals surface area contributed by atoms with Crippen LogP contribution in [0, 0.1) is 6.92 Å². The standard InChI is InChI=1S/C19H18N2OS/c1-14-6-8-15(9-7-14)23-13-12-21-19(22)17-10-11-20-18-5-3-2-4-16(17)18/h2-11H,12-13H2,1H3,(H,21,22). The summed E-state index contributed by atoms with van der Waals surface area (Å²) in [4.78, 5) is 17.9. The molecule has 0 aliphatic heterocycles. The fourth-order valence-electron chi connectivity index (χ4n) is 2.36. The summed E-state index contributed by atoms with van der Waals surface area (Å²) in [6, 6.07) is 17.9. The molecule has 3 aromatic rings. The van der Waals surface area contributed by atoms with Gasteiger partial charge in [0.2, 0.25) is 0 Å². The summed E-state index contributed by atoms with van der Waals surface area (Å²) >= 11 is 1.74. The second kappa shape index (κ2) is 7.29. The average molecular weight is 322 g/mol. The van der Waals surface area contributed by atoms with Crippen molar-refractivity contribution in [3.8, 4) is 0 Å². The number of pyridine rings is 1. The Labute approximate surface area is 140 Å². The number of carbonyl (C=O) groups is 1. The molecule has 1 aromatic heterocycles. The van der Waals surface area contributed by atoms with Crippen molar-refractivity contribution in [2.24, 2.45) is 0 Å². The lowest BCUT2D eigenvalue weighted by Crippen LogP contribution is -2.26. The van der Waals surface area contributed by atoms with Crippen molar-refractivity contribution in [1.82, 2.24) is 10.3 Å². The summed E-state index contributed by atoms with van der Waals surface area (Å²) in [5.41, 5.74) is 2.78. The molecule has 23 heavy (non-hydrogen) atoms. The second-order valence-corrected chi connectivity index (χ2v) is 6.46. The van der Waals surface area contributed by atoms with E-state index in [-0.39, 0.29) is 5.91 Å². The Kier molecular flexibility index (Phi) is 4.93. The second-order valence-electron chi connectivity index (χ2n) is 5.29. The third-order valence-corrected chi connectivity index (χ3v) is 4.58. The van der Waals surface area contributed by atoms with Crippen molar-refractivity contribution in [3.63, 3.8) is 0 Å². The fraction of sp³-hybridized carbons (Fsp3) is 0.158. The predicted molar refractivity (Wildman–Crippen MR) is 96.0 cm³/mol. The van der Waals surface area contributed by atoms with Crippen LogP contribution in [0.5, 0.6) is 0 Å². The molecular formula is C19H18N2OS. The topological polar surface area (TPSA) is 42.0 Å². The van der Waals surface area contributed by atoms with Crippen molar-refractivity contribution in [1.29, 1.82) is 0 Å². The molecule has 0 saturated carbocycles. The maximum absolute atomic E-state index is 12.4. The van der Waals surface area contributed by atoms with E-state index in [0.29, 0.717) is 12.1 Å². The number of nitrogens with zero attached hydrogens (tertiary/aromatic N) is 1. The number of carbonyl (C=O) groups excluding carboxylic acids is 1. The Morgan fingerprint density at radius 2 is 1.87 bits per heavy atom. The number of para-hydroxylation sites is 1. The Hall–Kier alpha value is -2.33. The summed E-state index contributed by atoms with van der Waals surface area (Å²) in [6.45, 7) is 2.71. The molecular weight excluding hydrogens is 304 g/mol. The van der Waals surface area contributed by atoms with E-state index in [1.807, 2.05) is 24.3 Å². The largest absolute Gasteiger partial charge is 0.351 e. The first-order valence-electron chi connectivity index (χ1n) is 7.55. The molecule has 0 atom stereocenters. The number of fused-ring (bicyclic) bond motifs is 1. The van der Waals surface area contributed by atoms with E-state index < -0.39 is 0 Å². The van der Waals surface area contributed by atoms with Crippen molar-refractivity contribution >= 4 is 28.6 Å². The van der Waals surface area contributed by atoms with Crippen LogP contribution in [-0.2, 0) is 0 Å². The minimum atomic E-state index is -0.0480. The first-order chi connectivity index (χ1) is 11.2. The van der Waals surface area contributed by atoms with Gasteiger partial charge < -0.3 is 5.32 Å². The average Bonchev–Trinajstić information content (AvgIpc) is 2.59. The quantitative estimate of drug-likeness (QED) is 0.569. The molecule has 1 heterocycles. The number of thioether (sulfide) groups is 1. The molecule has 3 rings (SSSR count). The summed E-state index contributed by atoms with van der Waals surface area (Å²) in [5, 5.41) is 3.87. The van der Waals surface area contributed by atoms with Gasteiger partial charge in [0.15, 0.2) is 0 Å². The highest BCUT2D eigenvalue weighted by Gasteiger charge is 2.09. The van der Waals surface area contributed by atoms with Crippen LogP contribution < -0.4 is 5.32 Å². The van der Waals surface area contributed by atoms with Gasteiger partial charge in [-0.3, -0.25) is 9.78 Å². The fourth-order valence-corrected chi connectivity index (χ4v) is 3.13. The molecule has 0 aliphatic rings. The number of amides is 1. The number of nitrogens with one attached hydrogen (secondary N) is 1. The molecule has 0 bridgehead atoms. The van der Waals surface area contributed by atoms with E-state index in [4.69, 9.17) is 0 Å². The molecule has 0 spiro atoms. The third kappa shape index (κ3) is 3.90. The predicted octanol–water partition coefficient (Wildman–Crippen LogP) is 4.07. The van der Waals surface area contributed by atoms with Gasteiger partial charge in [-0.05, 0) is 31.2 Å². The van der Waals surface area contributed by atoms with Crippen LogP contribution in [0.15, 0.2) is 65.7 Å². The highest BCUT2D eigenvalue weighted by atomic mass is 32.2. The molecule has 0 fully saturated rings. The zero-order chi connectivity index (χ0) is 16.1. The van der Waals surface area contributed by atoms with Crippen molar-refractivity contribution in [3.05, 3.63) is 71.9 Å². The monoisotopic (exact) mass is 322 g/mol. The molecule has 0 aliphatic carbocycles. The number of hydrogen-bond donors (Lipinski definition) is 1. The smallest absolute Gasteiger partial charge is 0.252 e. The Morgan fingerprint density at radius 3 is 2.70 bits per heavy atom. The molecule has 2 aromatic carbocycles. The van der Waals surface area contributed by atoms with Gasteiger partial charge in [0.25, 0.3) is 5.91 Å². The normalized spacial score (nSPS) is 10.7. The van der Waals surface area contributed by atoms with E-state index in [2.05, 4.69) is 41.5 Å². The van der Waals surface area contributed by atoms with Gasteiger partial charge in [0.05, 0.1) is 11.1 Å². The SMILES string of the molecule is Cc1ccc(SCCNC(=O)c2ccnc3ccccc23)cc1. The number of rotatable bonds is 5. The Bertz CT molecular complexity index is 810. The maximum Gasteiger partial charge on any atom is 0.252 e. The van der Waals surface area contributed by atoms with Gasteiger partial charge in [-0.2, -0.15) is 0 Å². The molecule has 1 N–H and O–H groups in total. The molecule has 116 valence electrons. The minimum absolute atomic E-state index is 0.0480. The van der Waals surface area contributed by atoms with E-state index in [1.165, 1.54) is 10.5 Å². The van der Waals surface area contributed by atoms with Crippen LogP contribution in [-0.4, -0.2) is 23.2 Å². The molecule has 0 saturated heterocycles. The molecule has 4 heteroatoms. The van der Waals surface area contributed by atoms with Gasteiger partial charge in [0.1, 0.15) is 0 Å². The minimum Gasteiger partial charge on any atom is -0.351 e. The molecule has 3 nitrogen and oxygen atoms in total. The lowest BCUT2D eigenvalue weighted by atomic mass is 10.1. The highest BCUT2D eigenvalue weighted by Crippen LogP contribution is 2.18. The first kappa shape index (κ1) is 15.6. The lowest BCUT2D eigenvalue weighted by Gasteiger charge is -2.08. The summed E-state index contributed by atoms with van der Waals surface area (Å²) in [5.74, 6) is 0.797. The van der Waals surface area contributed by atoms with E-state index in [1.54, 1.807) is 24.0 Å². The van der Waals surface area contributed by atoms with Gasteiger partial charge >= 0.3 is 0 Å². The zero-order valence-corrected chi connectivity index (χ0v) is 13.8. The van der Waals surface area contributed by atoms with Crippen LogP contribution in [0.25, 0.3) is 10.9 Å². The van der Waals surface area contributed by atoms with E-state index in [0.717, 1.165) is 16.7 Å². The zero-order valence-electron chi connectivity index (χ0n) is 13.0. The van der Waals surface area contributed by atoms with E-state index >= 15 is 0 Å². The van der Waals surface area contributed by atoms with Gasteiger partial charge in [-0.1, -0.05) is 35.9 Å². The molecule has 0 unspecified atom stereocenters. The molecule has 0 radical (unpaired) electrons. The van der Waals surface area contributed by atoms with Crippen LogP contribution in [0.3, 0.4) is 0 Å². The third-order valence-electron chi connectivity index (χ3n) is 3.57. The van der Waals surface area contributed by atoms with Crippen LogP contribution in [0.2, 0.25) is 0 Å². The Balaban J connectivity index is 1.57. The maximum atomic E-state index is 12.4. The highest BCUT2D eigenvalue weighted by molar-refractivity contribution is 7.99. The van der Waals surface area contributed by atoms with Crippen LogP contribution >= 0.6 is 11.8 Å². The lowest BCUT2D eigenvalue weighted by molar-refractivity contribution is 0.0958. The van der Waals surface area contributed by atoms with Crippen LogP contribution in [0.1, 0.15) is 15.9 Å². The van der Waals surface area contributed by atoms with Crippen molar-refractivity contribution in [2.45, 2.75) is 11.8 Å². The summed E-state index contributed by atoms with van der Waals surface area (Å²) in [7, 11) is 0. The number of aromatic nitrogens is 1.